The van der Waals surface area contributed by atoms with E-state index in [0.717, 1.165) is 43.5 Å². The Kier molecular flexibility index (Phi) is 8.22. The van der Waals surface area contributed by atoms with Gasteiger partial charge in [-0.1, -0.05) is 18.6 Å². The molecule has 2 amide bonds. The predicted molar refractivity (Wildman–Crippen MR) is 146 cm³/mol. The summed E-state index contributed by atoms with van der Waals surface area (Å²) >= 11 is 1.38. The van der Waals surface area contributed by atoms with Gasteiger partial charge in [0.25, 0.3) is 11.8 Å². The molecule has 5 heterocycles. The van der Waals surface area contributed by atoms with Gasteiger partial charge >= 0.3 is 0 Å². The van der Waals surface area contributed by atoms with Gasteiger partial charge in [-0.25, -0.2) is 4.98 Å². The highest BCUT2D eigenvalue weighted by Gasteiger charge is 2.37. The first kappa shape index (κ1) is 26.2. The molecular formula is C29H34N4O4S. The van der Waals surface area contributed by atoms with E-state index in [1.54, 1.807) is 17.9 Å². The standard InChI is InChI=1S/C29H34N4O4S/c1-22-26(38-21-31-22)28(35)32-14-5-4-10-29(20-37-23-7-6-13-30-19-23)11-15-33(16-12-29)27(34)24-8-2-3-9-25(24)36-18-17-32/h2-3,6-9,13,19,21H,4-5,10-12,14-18,20H2,1H3. The lowest BCUT2D eigenvalue weighted by Gasteiger charge is -2.42. The molecule has 2 bridgehead atoms. The summed E-state index contributed by atoms with van der Waals surface area (Å²) < 4.78 is 12.3. The number of carbonyl (C=O) groups is 2. The topological polar surface area (TPSA) is 84.9 Å². The van der Waals surface area contributed by atoms with Crippen LogP contribution in [0.4, 0.5) is 0 Å². The third-order valence-electron chi connectivity index (χ3n) is 7.64. The molecule has 0 radical (unpaired) electrons. The molecule has 1 aromatic carbocycles. The minimum absolute atomic E-state index is 0.00883. The van der Waals surface area contributed by atoms with Crippen LogP contribution in [0.1, 0.15) is 57.8 Å². The Bertz CT molecular complexity index is 1240. The van der Waals surface area contributed by atoms with Crippen LogP contribution >= 0.6 is 11.3 Å². The first-order valence-electron chi connectivity index (χ1n) is 13.3. The largest absolute Gasteiger partial charge is 0.491 e. The second kappa shape index (κ2) is 11.9. The van der Waals surface area contributed by atoms with Gasteiger partial charge in [0.1, 0.15) is 23.0 Å². The Balaban J connectivity index is 1.37. The Morgan fingerprint density at radius 3 is 2.68 bits per heavy atom. The smallest absolute Gasteiger partial charge is 0.265 e. The quantitative estimate of drug-likeness (QED) is 0.476. The summed E-state index contributed by atoms with van der Waals surface area (Å²) in [7, 11) is 0. The highest BCUT2D eigenvalue weighted by molar-refractivity contribution is 7.11. The van der Waals surface area contributed by atoms with Gasteiger partial charge in [0, 0.05) is 31.2 Å². The van der Waals surface area contributed by atoms with Gasteiger partial charge in [0.2, 0.25) is 0 Å². The number of amides is 2. The minimum Gasteiger partial charge on any atom is -0.491 e. The van der Waals surface area contributed by atoms with Crippen LogP contribution in [0.5, 0.6) is 11.5 Å². The second-order valence-electron chi connectivity index (χ2n) is 10.1. The number of carbonyl (C=O) groups excluding carboxylic acids is 2. The van der Waals surface area contributed by atoms with Crippen LogP contribution in [0.2, 0.25) is 0 Å². The van der Waals surface area contributed by atoms with Crippen molar-refractivity contribution in [1.82, 2.24) is 19.8 Å². The zero-order valence-electron chi connectivity index (χ0n) is 21.8. The fourth-order valence-corrected chi connectivity index (χ4v) is 6.06. The van der Waals surface area contributed by atoms with E-state index in [1.165, 1.54) is 11.3 Å². The van der Waals surface area contributed by atoms with Crippen molar-refractivity contribution in [2.45, 2.75) is 39.0 Å². The third kappa shape index (κ3) is 5.99. The highest BCUT2D eigenvalue weighted by Crippen LogP contribution is 2.38. The summed E-state index contributed by atoms with van der Waals surface area (Å²) in [5.41, 5.74) is 3.00. The van der Waals surface area contributed by atoms with Gasteiger partial charge in [0.15, 0.2) is 0 Å². The lowest BCUT2D eigenvalue weighted by Crippen LogP contribution is -2.45. The molecule has 1 saturated heterocycles. The maximum Gasteiger partial charge on any atom is 0.265 e. The van der Waals surface area contributed by atoms with Crippen molar-refractivity contribution in [3.63, 3.8) is 0 Å². The van der Waals surface area contributed by atoms with Crippen molar-refractivity contribution in [2.75, 3.05) is 39.4 Å². The number of aryl methyl sites for hydroxylation is 1. The number of hydrogen-bond acceptors (Lipinski definition) is 7. The van der Waals surface area contributed by atoms with Crippen molar-refractivity contribution < 1.29 is 19.1 Å². The predicted octanol–water partition coefficient (Wildman–Crippen LogP) is 4.85. The van der Waals surface area contributed by atoms with Crippen LogP contribution in [-0.4, -0.2) is 71.0 Å². The number of piperidine rings is 1. The first-order chi connectivity index (χ1) is 18.5. The maximum absolute atomic E-state index is 13.5. The van der Waals surface area contributed by atoms with Gasteiger partial charge in [-0.15, -0.1) is 11.3 Å². The Labute approximate surface area is 227 Å². The van der Waals surface area contributed by atoms with Gasteiger partial charge in [-0.3, -0.25) is 14.6 Å². The first-order valence-corrected chi connectivity index (χ1v) is 14.2. The zero-order chi connectivity index (χ0) is 26.4. The Morgan fingerprint density at radius 2 is 1.92 bits per heavy atom. The van der Waals surface area contributed by atoms with E-state index in [1.807, 2.05) is 53.1 Å². The van der Waals surface area contributed by atoms with E-state index in [0.29, 0.717) is 55.6 Å². The van der Waals surface area contributed by atoms with Crippen LogP contribution in [-0.2, 0) is 0 Å². The summed E-state index contributed by atoms with van der Waals surface area (Å²) in [6, 6.07) is 11.2. The maximum atomic E-state index is 13.5. The van der Waals surface area contributed by atoms with E-state index < -0.39 is 0 Å². The fourth-order valence-electron chi connectivity index (χ4n) is 5.29. The molecule has 3 aliphatic rings. The number of nitrogens with zero attached hydrogens (tertiary/aromatic N) is 4. The minimum atomic E-state index is -0.0358. The molecule has 8 nitrogen and oxygen atoms in total. The molecule has 3 aromatic rings. The van der Waals surface area contributed by atoms with Crippen LogP contribution in [0.15, 0.2) is 54.3 Å². The number of rotatable bonds is 4. The van der Waals surface area contributed by atoms with Crippen molar-refractivity contribution in [1.29, 1.82) is 0 Å². The molecule has 0 unspecified atom stereocenters. The fraction of sp³-hybridized carbons (Fsp3) is 0.448. The molecule has 1 fully saturated rings. The van der Waals surface area contributed by atoms with Crippen molar-refractivity contribution in [2.24, 2.45) is 5.41 Å². The van der Waals surface area contributed by atoms with Crippen molar-refractivity contribution in [3.8, 4) is 11.5 Å². The molecule has 0 spiro atoms. The van der Waals surface area contributed by atoms with Crippen LogP contribution in [0.3, 0.4) is 0 Å². The van der Waals surface area contributed by atoms with Crippen LogP contribution in [0.25, 0.3) is 0 Å². The van der Waals surface area contributed by atoms with E-state index in [-0.39, 0.29) is 17.2 Å². The number of fused-ring (bicyclic) bond motifs is 9. The summed E-state index contributed by atoms with van der Waals surface area (Å²) in [5.74, 6) is 1.30. The molecule has 200 valence electrons. The lowest BCUT2D eigenvalue weighted by atomic mass is 9.75. The van der Waals surface area contributed by atoms with Gasteiger partial charge in [0.05, 0.1) is 36.1 Å². The number of hydrogen-bond donors (Lipinski definition) is 0. The summed E-state index contributed by atoms with van der Waals surface area (Å²) in [5, 5.41) is 0. The number of ether oxygens (including phenoxy) is 2. The number of pyridine rings is 1. The summed E-state index contributed by atoms with van der Waals surface area (Å²) in [6.45, 7) is 5.22. The SMILES string of the molecule is Cc1ncsc1C(=O)N1CCCCC2(COc3cccnc3)CCN(CC2)C(=O)c2ccccc2OCC1. The van der Waals surface area contributed by atoms with Crippen LogP contribution in [0, 0.1) is 12.3 Å². The number of benzene rings is 1. The van der Waals surface area contributed by atoms with Gasteiger partial charge in [-0.2, -0.15) is 0 Å². The molecular weight excluding hydrogens is 500 g/mol. The lowest BCUT2D eigenvalue weighted by molar-refractivity contribution is 0.0358. The highest BCUT2D eigenvalue weighted by atomic mass is 32.1. The molecule has 2 aromatic heterocycles. The monoisotopic (exact) mass is 534 g/mol. The van der Waals surface area contributed by atoms with E-state index in [9.17, 15) is 9.59 Å². The number of para-hydroxylation sites is 1. The normalized spacial score (nSPS) is 18.2. The molecule has 3 aliphatic heterocycles. The average molecular weight is 535 g/mol. The second-order valence-corrected chi connectivity index (χ2v) is 11.0. The van der Waals surface area contributed by atoms with E-state index >= 15 is 0 Å². The third-order valence-corrected chi connectivity index (χ3v) is 8.56. The Hall–Kier alpha value is -3.46. The van der Waals surface area contributed by atoms with Gasteiger partial charge in [-0.05, 0) is 56.9 Å². The number of aromatic nitrogens is 2. The van der Waals surface area contributed by atoms with Crippen molar-refractivity contribution >= 4 is 23.2 Å². The number of thiazole rings is 1. The Morgan fingerprint density at radius 1 is 1.08 bits per heavy atom. The zero-order valence-corrected chi connectivity index (χ0v) is 22.6. The molecule has 0 N–H and O–H groups in total. The molecule has 6 rings (SSSR count). The van der Waals surface area contributed by atoms with Gasteiger partial charge < -0.3 is 19.3 Å². The van der Waals surface area contributed by atoms with E-state index in [2.05, 4.69) is 9.97 Å². The van der Waals surface area contributed by atoms with E-state index in [4.69, 9.17) is 9.47 Å². The summed E-state index contributed by atoms with van der Waals surface area (Å²) in [4.78, 5) is 39.8. The molecule has 0 aliphatic carbocycles. The molecule has 9 heteroatoms. The summed E-state index contributed by atoms with van der Waals surface area (Å²) in [6.07, 6.45) is 8.04. The average Bonchev–Trinajstić information content (AvgIpc) is 3.39. The van der Waals surface area contributed by atoms with Crippen molar-refractivity contribution in [3.05, 3.63) is 70.4 Å². The molecule has 0 atom stereocenters. The molecule has 38 heavy (non-hydrogen) atoms. The molecule has 0 saturated carbocycles. The van der Waals surface area contributed by atoms with Crippen LogP contribution < -0.4 is 9.47 Å².